The van der Waals surface area contributed by atoms with Crippen molar-refractivity contribution in [3.63, 3.8) is 0 Å². The fourth-order valence-electron chi connectivity index (χ4n) is 1.85. The van der Waals surface area contributed by atoms with Gasteiger partial charge in [-0.05, 0) is 25.1 Å². The smallest absolute Gasteiger partial charge is 0.375 e. The van der Waals surface area contributed by atoms with Gasteiger partial charge >= 0.3 is 5.30 Å². The highest BCUT2D eigenvalue weighted by molar-refractivity contribution is 8.13. The van der Waals surface area contributed by atoms with E-state index in [1.54, 1.807) is 18.7 Å². The van der Waals surface area contributed by atoms with Crippen LogP contribution in [0.5, 0.6) is 0 Å². The van der Waals surface area contributed by atoms with E-state index in [2.05, 4.69) is 10.2 Å². The summed E-state index contributed by atoms with van der Waals surface area (Å²) < 4.78 is 6.79. The third-order valence-electron chi connectivity index (χ3n) is 2.66. The summed E-state index contributed by atoms with van der Waals surface area (Å²) in [6.45, 7) is 2.11. The summed E-state index contributed by atoms with van der Waals surface area (Å²) in [4.78, 5) is 12.7. The second-order valence-corrected chi connectivity index (χ2v) is 6.28. The molecule has 104 valence electrons. The van der Waals surface area contributed by atoms with E-state index in [9.17, 15) is 4.79 Å². The van der Waals surface area contributed by atoms with Crippen molar-refractivity contribution in [3.05, 3.63) is 29.0 Å². The zero-order valence-corrected chi connectivity index (χ0v) is 12.9. The van der Waals surface area contributed by atoms with Crippen LogP contribution < -0.4 is 0 Å². The van der Waals surface area contributed by atoms with Crippen LogP contribution in [0.25, 0.3) is 5.69 Å². The summed E-state index contributed by atoms with van der Waals surface area (Å²) in [7, 11) is 0. The molecule has 1 aliphatic rings. The van der Waals surface area contributed by atoms with Crippen molar-refractivity contribution < 1.29 is 9.53 Å². The van der Waals surface area contributed by atoms with Crippen LogP contribution in [0.2, 0.25) is 5.02 Å². The molecule has 8 heteroatoms. The quantitative estimate of drug-likeness (QED) is 0.618. The molecule has 0 saturated carbocycles. The zero-order chi connectivity index (χ0) is 14.1. The van der Waals surface area contributed by atoms with Gasteiger partial charge in [-0.1, -0.05) is 11.6 Å². The number of nitrogens with zero attached hydrogens (tertiary/aromatic N) is 3. The Morgan fingerprint density at radius 2 is 2.40 bits per heavy atom. The maximum atomic E-state index is 11.6. The number of aromatic nitrogens is 3. The average molecular weight is 328 g/mol. The first-order chi connectivity index (χ1) is 9.69. The van der Waals surface area contributed by atoms with Crippen molar-refractivity contribution in [2.75, 3.05) is 6.61 Å². The first-order valence-electron chi connectivity index (χ1n) is 5.90. The van der Waals surface area contributed by atoms with Crippen molar-refractivity contribution in [3.8, 4) is 5.69 Å². The average Bonchev–Trinajstić information content (AvgIpc) is 2.82. The largest absolute Gasteiger partial charge is 0.458 e. The van der Waals surface area contributed by atoms with E-state index < -0.39 is 0 Å². The van der Waals surface area contributed by atoms with Gasteiger partial charge in [-0.25, -0.2) is 4.79 Å². The predicted molar refractivity (Wildman–Crippen MR) is 78.8 cm³/mol. The Labute approximate surface area is 129 Å². The molecule has 5 nitrogen and oxygen atoms in total. The molecule has 0 bridgehead atoms. The van der Waals surface area contributed by atoms with Crippen LogP contribution in [0.3, 0.4) is 0 Å². The molecule has 20 heavy (non-hydrogen) atoms. The van der Waals surface area contributed by atoms with E-state index in [0.29, 0.717) is 22.5 Å². The summed E-state index contributed by atoms with van der Waals surface area (Å²) >= 11 is 8.67. The molecule has 0 N–H and O–H groups in total. The van der Waals surface area contributed by atoms with E-state index >= 15 is 0 Å². The van der Waals surface area contributed by atoms with Gasteiger partial charge in [0.15, 0.2) is 0 Å². The molecule has 0 radical (unpaired) electrons. The molecule has 2 heterocycles. The van der Waals surface area contributed by atoms with E-state index in [1.807, 2.05) is 22.8 Å². The van der Waals surface area contributed by atoms with Crippen LogP contribution >= 0.6 is 35.1 Å². The summed E-state index contributed by atoms with van der Waals surface area (Å²) in [5.41, 5.74) is 0.903. The number of thioether (sulfide) groups is 2. The highest BCUT2D eigenvalue weighted by Gasteiger charge is 2.24. The first kappa shape index (κ1) is 13.8. The maximum Gasteiger partial charge on any atom is 0.375 e. The number of halogens is 1. The van der Waals surface area contributed by atoms with Gasteiger partial charge in [0.1, 0.15) is 5.82 Å². The lowest BCUT2D eigenvalue weighted by atomic mass is 10.3. The van der Waals surface area contributed by atoms with Crippen molar-refractivity contribution in [1.82, 2.24) is 14.8 Å². The number of hydrogen-bond donors (Lipinski definition) is 0. The Morgan fingerprint density at radius 1 is 1.55 bits per heavy atom. The summed E-state index contributed by atoms with van der Waals surface area (Å²) in [6.07, 6.45) is 0. The molecule has 0 aliphatic carbocycles. The number of hydrogen-bond acceptors (Lipinski definition) is 6. The van der Waals surface area contributed by atoms with Crippen LogP contribution in [-0.4, -0.2) is 26.7 Å². The lowest BCUT2D eigenvalue weighted by Gasteiger charge is -2.18. The van der Waals surface area contributed by atoms with Crippen molar-refractivity contribution in [2.45, 2.75) is 22.7 Å². The fourth-order valence-corrected chi connectivity index (χ4v) is 3.66. The molecule has 0 amide bonds. The molecule has 1 aliphatic heterocycles. The minimum atomic E-state index is -0.385. The summed E-state index contributed by atoms with van der Waals surface area (Å²) in [6, 6.07) is 5.66. The van der Waals surface area contributed by atoms with Gasteiger partial charge in [0.05, 0.1) is 18.0 Å². The second-order valence-electron chi connectivity index (χ2n) is 3.92. The van der Waals surface area contributed by atoms with Gasteiger partial charge in [0.2, 0.25) is 5.16 Å². The Balaban J connectivity index is 2.02. The monoisotopic (exact) mass is 327 g/mol. The SMILES string of the molecule is CCOC(=O)Sc1nnc2n1-c1cc(Cl)ccc1SC2. The third kappa shape index (κ3) is 2.53. The summed E-state index contributed by atoms with van der Waals surface area (Å²) in [5, 5.41) is 8.94. The maximum absolute atomic E-state index is 11.6. The Hall–Kier alpha value is -1.18. The number of benzene rings is 1. The van der Waals surface area contributed by atoms with E-state index in [1.165, 1.54) is 0 Å². The van der Waals surface area contributed by atoms with Gasteiger partial charge in [-0.2, -0.15) is 0 Å². The molecular formula is C12H10ClN3O2S2. The molecule has 1 aromatic heterocycles. The highest BCUT2D eigenvalue weighted by Crippen LogP contribution is 2.38. The number of rotatable bonds is 2. The van der Waals surface area contributed by atoms with Crippen LogP contribution in [0.15, 0.2) is 28.3 Å². The molecule has 0 unspecified atom stereocenters. The molecular weight excluding hydrogens is 318 g/mol. The van der Waals surface area contributed by atoms with E-state index in [0.717, 1.165) is 28.2 Å². The number of fused-ring (bicyclic) bond motifs is 3. The van der Waals surface area contributed by atoms with Crippen molar-refractivity contribution in [1.29, 1.82) is 0 Å². The standard InChI is InChI=1S/C12H10ClN3O2S2/c1-2-18-12(17)20-11-15-14-10-6-19-9-4-3-7(13)5-8(9)16(10)11/h3-5H,2,6H2,1H3. The third-order valence-corrected chi connectivity index (χ3v) is 4.68. The minimum Gasteiger partial charge on any atom is -0.458 e. The lowest BCUT2D eigenvalue weighted by molar-refractivity contribution is 0.181. The highest BCUT2D eigenvalue weighted by atomic mass is 35.5. The number of carbonyl (C=O) groups is 1. The van der Waals surface area contributed by atoms with Crippen LogP contribution in [0.1, 0.15) is 12.7 Å². The van der Waals surface area contributed by atoms with Crippen molar-refractivity contribution >= 4 is 40.4 Å². The fraction of sp³-hybridized carbons (Fsp3) is 0.250. The van der Waals surface area contributed by atoms with Gasteiger partial charge in [0.25, 0.3) is 0 Å². The van der Waals surface area contributed by atoms with Crippen LogP contribution in [0.4, 0.5) is 4.79 Å². The second kappa shape index (κ2) is 5.67. The molecule has 2 aromatic rings. The number of ether oxygens (including phenoxy) is 1. The predicted octanol–water partition coefficient (Wildman–Crippen LogP) is 3.78. The molecule has 3 rings (SSSR count). The Kier molecular flexibility index (Phi) is 3.91. The number of carbonyl (C=O) groups excluding carboxylic acids is 1. The topological polar surface area (TPSA) is 57.0 Å². The first-order valence-corrected chi connectivity index (χ1v) is 8.08. The van der Waals surface area contributed by atoms with E-state index in [4.69, 9.17) is 16.3 Å². The minimum absolute atomic E-state index is 0.338. The van der Waals surface area contributed by atoms with Gasteiger partial charge in [0, 0.05) is 21.7 Å². The van der Waals surface area contributed by atoms with Crippen LogP contribution in [0, 0.1) is 0 Å². The molecule has 0 saturated heterocycles. The van der Waals surface area contributed by atoms with Gasteiger partial charge in [-0.15, -0.1) is 22.0 Å². The molecule has 0 fully saturated rings. The van der Waals surface area contributed by atoms with E-state index in [-0.39, 0.29) is 5.30 Å². The Morgan fingerprint density at radius 3 is 3.20 bits per heavy atom. The van der Waals surface area contributed by atoms with Gasteiger partial charge < -0.3 is 4.74 Å². The van der Waals surface area contributed by atoms with Gasteiger partial charge in [-0.3, -0.25) is 4.57 Å². The zero-order valence-electron chi connectivity index (χ0n) is 10.5. The molecule has 0 atom stereocenters. The molecule has 0 spiro atoms. The summed E-state index contributed by atoms with van der Waals surface area (Å²) in [5.74, 6) is 1.52. The van der Waals surface area contributed by atoms with Crippen molar-refractivity contribution in [2.24, 2.45) is 0 Å². The Bertz CT molecular complexity index is 675. The normalized spacial score (nSPS) is 12.7. The molecule has 1 aromatic carbocycles. The van der Waals surface area contributed by atoms with Crippen LogP contribution in [-0.2, 0) is 10.5 Å². The lowest BCUT2D eigenvalue weighted by Crippen LogP contribution is -2.08.